The highest BCUT2D eigenvalue weighted by atomic mass is 35.5. The largest absolute Gasteiger partial charge is 0.346 e. The summed E-state index contributed by atoms with van der Waals surface area (Å²) < 4.78 is 2.13. The molecule has 5 nitrogen and oxygen atoms in total. The number of halogens is 2. The van der Waals surface area contributed by atoms with Gasteiger partial charge in [-0.25, -0.2) is 9.97 Å². The summed E-state index contributed by atoms with van der Waals surface area (Å²) in [6, 6.07) is 1.88. The summed E-state index contributed by atoms with van der Waals surface area (Å²) in [6.07, 6.45) is 7.45. The second-order valence-corrected chi connectivity index (χ2v) is 8.62. The average molecular weight is 431 g/mol. The van der Waals surface area contributed by atoms with Crippen LogP contribution in [0.1, 0.15) is 37.9 Å². The molecule has 0 saturated heterocycles. The van der Waals surface area contributed by atoms with Gasteiger partial charge < -0.3 is 9.47 Å². The predicted molar refractivity (Wildman–Crippen MR) is 117 cm³/mol. The van der Waals surface area contributed by atoms with Crippen LogP contribution in [0.4, 0.5) is 0 Å². The van der Waals surface area contributed by atoms with Crippen LogP contribution in [0.25, 0.3) is 22.0 Å². The first-order valence-electron chi connectivity index (χ1n) is 9.93. The fourth-order valence-electron chi connectivity index (χ4n) is 4.16. The van der Waals surface area contributed by atoms with Crippen molar-refractivity contribution >= 4 is 40.0 Å². The second kappa shape index (κ2) is 7.96. The van der Waals surface area contributed by atoms with E-state index in [0.29, 0.717) is 28.9 Å². The van der Waals surface area contributed by atoms with Crippen LogP contribution in [0.5, 0.6) is 0 Å². The maximum Gasteiger partial charge on any atom is 0.223 e. The Kier molecular flexibility index (Phi) is 5.54. The van der Waals surface area contributed by atoms with Crippen LogP contribution in [-0.2, 0) is 24.8 Å². The maximum atomic E-state index is 12.8. The van der Waals surface area contributed by atoms with Crippen LogP contribution in [0, 0.1) is 5.92 Å². The van der Waals surface area contributed by atoms with Crippen molar-refractivity contribution in [1.82, 2.24) is 19.4 Å². The average Bonchev–Trinajstić information content (AvgIpc) is 3.03. The first-order valence-corrected chi connectivity index (χ1v) is 10.7. The highest BCUT2D eigenvalue weighted by molar-refractivity contribution is 6.45. The van der Waals surface area contributed by atoms with E-state index in [1.807, 2.05) is 18.0 Å². The molecule has 0 saturated carbocycles. The zero-order valence-corrected chi connectivity index (χ0v) is 18.4. The smallest absolute Gasteiger partial charge is 0.223 e. The Balaban J connectivity index is 1.87. The molecule has 1 atom stereocenters. The Bertz CT molecular complexity index is 1080. The molecular weight excluding hydrogens is 407 g/mol. The summed E-state index contributed by atoms with van der Waals surface area (Å²) in [6.45, 7) is 5.56. The number of amides is 1. The van der Waals surface area contributed by atoms with E-state index in [9.17, 15) is 4.79 Å². The van der Waals surface area contributed by atoms with Crippen molar-refractivity contribution in [2.75, 3.05) is 6.54 Å². The molecule has 152 valence electrons. The van der Waals surface area contributed by atoms with E-state index in [1.54, 1.807) is 12.4 Å². The number of carbonyl (C=O) groups excluding carboxylic acids is 1. The molecule has 1 aliphatic rings. The van der Waals surface area contributed by atoms with E-state index in [0.717, 1.165) is 47.0 Å². The third-order valence-electron chi connectivity index (χ3n) is 6.00. The lowest BCUT2D eigenvalue weighted by atomic mass is 9.97. The summed E-state index contributed by atoms with van der Waals surface area (Å²) in [5.41, 5.74) is 5.08. The van der Waals surface area contributed by atoms with Gasteiger partial charge in [0.05, 0.1) is 15.6 Å². The summed E-state index contributed by atoms with van der Waals surface area (Å²) in [4.78, 5) is 23.2. The molecule has 1 aromatic carbocycles. The summed E-state index contributed by atoms with van der Waals surface area (Å²) in [5, 5.41) is 2.07. The molecule has 29 heavy (non-hydrogen) atoms. The molecular formula is C22H24Cl2N4O. The molecule has 1 aliphatic heterocycles. The van der Waals surface area contributed by atoms with E-state index in [4.69, 9.17) is 23.2 Å². The minimum Gasteiger partial charge on any atom is -0.346 e. The molecule has 7 heteroatoms. The van der Waals surface area contributed by atoms with Crippen molar-refractivity contribution < 1.29 is 4.79 Å². The minimum absolute atomic E-state index is 0.214. The van der Waals surface area contributed by atoms with Crippen molar-refractivity contribution in [2.24, 2.45) is 13.0 Å². The molecule has 3 aromatic rings. The lowest BCUT2D eigenvalue weighted by Crippen LogP contribution is -2.36. The van der Waals surface area contributed by atoms with Gasteiger partial charge in [-0.2, -0.15) is 0 Å². The van der Waals surface area contributed by atoms with Crippen molar-refractivity contribution in [2.45, 2.75) is 39.7 Å². The monoisotopic (exact) mass is 430 g/mol. The second-order valence-electron chi connectivity index (χ2n) is 7.84. The van der Waals surface area contributed by atoms with E-state index < -0.39 is 0 Å². The summed E-state index contributed by atoms with van der Waals surface area (Å²) >= 11 is 13.1. The van der Waals surface area contributed by atoms with Gasteiger partial charge in [0.15, 0.2) is 0 Å². The van der Waals surface area contributed by atoms with Crippen molar-refractivity contribution in [3.8, 4) is 11.1 Å². The summed E-state index contributed by atoms with van der Waals surface area (Å²) in [5.74, 6) is 0.605. The number of rotatable bonds is 4. The van der Waals surface area contributed by atoms with Crippen LogP contribution in [0.15, 0.2) is 24.8 Å². The number of aryl methyl sites for hydroxylation is 1. The van der Waals surface area contributed by atoms with E-state index in [-0.39, 0.29) is 5.91 Å². The molecule has 0 spiro atoms. The van der Waals surface area contributed by atoms with E-state index in [2.05, 4.69) is 28.4 Å². The lowest BCUT2D eigenvalue weighted by Gasteiger charge is -2.29. The molecule has 0 N–H and O–H groups in total. The van der Waals surface area contributed by atoms with Crippen LogP contribution >= 0.6 is 23.2 Å². The quantitative estimate of drug-likeness (QED) is 0.566. The van der Waals surface area contributed by atoms with Gasteiger partial charge in [-0.15, -0.1) is 0 Å². The van der Waals surface area contributed by atoms with E-state index in [1.165, 1.54) is 12.0 Å². The van der Waals surface area contributed by atoms with Crippen LogP contribution in [-0.4, -0.2) is 31.9 Å². The van der Waals surface area contributed by atoms with Crippen LogP contribution in [0.3, 0.4) is 0 Å². The number of carbonyl (C=O) groups is 1. The molecule has 0 fully saturated rings. The Morgan fingerprint density at radius 2 is 2.00 bits per heavy atom. The number of aromatic nitrogens is 3. The lowest BCUT2D eigenvalue weighted by molar-refractivity contribution is -0.133. The Morgan fingerprint density at radius 3 is 2.69 bits per heavy atom. The molecule has 3 heterocycles. The molecule has 4 rings (SSSR count). The van der Waals surface area contributed by atoms with Crippen molar-refractivity contribution in [3.05, 3.63) is 46.1 Å². The predicted octanol–water partition coefficient (Wildman–Crippen LogP) is 5.26. The van der Waals surface area contributed by atoms with Gasteiger partial charge in [-0.3, -0.25) is 4.79 Å². The van der Waals surface area contributed by atoms with Crippen LogP contribution < -0.4 is 0 Å². The minimum atomic E-state index is 0.214. The normalized spacial score (nSPS) is 14.9. The Hall–Kier alpha value is -2.11. The van der Waals surface area contributed by atoms with Gasteiger partial charge in [-0.05, 0) is 17.5 Å². The molecule has 0 bridgehead atoms. The number of hydrogen-bond donors (Lipinski definition) is 0. The van der Waals surface area contributed by atoms with Gasteiger partial charge >= 0.3 is 0 Å². The van der Waals surface area contributed by atoms with Gasteiger partial charge in [0, 0.05) is 67.6 Å². The molecule has 0 unspecified atom stereocenters. The van der Waals surface area contributed by atoms with E-state index >= 15 is 0 Å². The first-order chi connectivity index (χ1) is 13.9. The maximum absolute atomic E-state index is 12.8. The fraction of sp³-hybridized carbons (Fsp3) is 0.409. The highest BCUT2D eigenvalue weighted by Crippen LogP contribution is 2.43. The van der Waals surface area contributed by atoms with Gasteiger partial charge in [0.25, 0.3) is 0 Å². The standard InChI is InChI=1S/C22H24Cl2N4O/c1-4-13(2)7-19(29)28-6-5-18-16(11-28)20-15(14-9-25-12-26-10-14)8-17(23)21(24)22(20)27(18)3/h8-10,12-13H,4-7,11H2,1-3H3/t13-/m0/s1. The van der Waals surface area contributed by atoms with Gasteiger partial charge in [0.1, 0.15) is 6.33 Å². The molecule has 0 radical (unpaired) electrons. The third kappa shape index (κ3) is 3.51. The zero-order valence-electron chi connectivity index (χ0n) is 16.9. The topological polar surface area (TPSA) is 51.0 Å². The van der Waals surface area contributed by atoms with Crippen molar-refractivity contribution in [3.63, 3.8) is 0 Å². The number of hydrogen-bond acceptors (Lipinski definition) is 3. The Labute approximate surface area is 180 Å². The molecule has 2 aromatic heterocycles. The van der Waals surface area contributed by atoms with Crippen molar-refractivity contribution in [1.29, 1.82) is 0 Å². The SMILES string of the molecule is CC[C@H](C)CC(=O)N1CCc2c(c3c(-c4cncnc4)cc(Cl)c(Cl)c3n2C)C1. The summed E-state index contributed by atoms with van der Waals surface area (Å²) in [7, 11) is 2.02. The highest BCUT2D eigenvalue weighted by Gasteiger charge is 2.29. The van der Waals surface area contributed by atoms with Gasteiger partial charge in [-0.1, -0.05) is 43.5 Å². The molecule has 0 aliphatic carbocycles. The zero-order chi connectivity index (χ0) is 20.7. The van der Waals surface area contributed by atoms with Crippen LogP contribution in [0.2, 0.25) is 10.0 Å². The van der Waals surface area contributed by atoms with Gasteiger partial charge in [0.2, 0.25) is 5.91 Å². The fourth-order valence-corrected chi connectivity index (χ4v) is 4.64. The number of nitrogens with zero attached hydrogens (tertiary/aromatic N) is 4. The number of benzene rings is 1. The Morgan fingerprint density at radius 1 is 1.28 bits per heavy atom. The first kappa shape index (κ1) is 20.2. The third-order valence-corrected chi connectivity index (χ3v) is 6.77. The number of fused-ring (bicyclic) bond motifs is 3. The molecule has 1 amide bonds.